The van der Waals surface area contributed by atoms with E-state index in [1.165, 1.54) is 5.56 Å². The minimum absolute atomic E-state index is 0.0494. The number of rotatable bonds is 3. The fourth-order valence-electron chi connectivity index (χ4n) is 2.89. The van der Waals surface area contributed by atoms with E-state index in [0.29, 0.717) is 11.5 Å². The molecule has 138 valence electrons. The average Bonchev–Trinajstić information content (AvgIpc) is 2.62. The zero-order valence-corrected chi connectivity index (χ0v) is 16.0. The van der Waals surface area contributed by atoms with Gasteiger partial charge in [0, 0.05) is 31.9 Å². The number of anilines is 2. The second kappa shape index (κ2) is 7.41. The van der Waals surface area contributed by atoms with Gasteiger partial charge in [-0.2, -0.15) is 0 Å². The highest BCUT2D eigenvalue weighted by Crippen LogP contribution is 2.24. The van der Waals surface area contributed by atoms with Crippen LogP contribution in [0.5, 0.6) is 0 Å². The lowest BCUT2D eigenvalue weighted by molar-refractivity contribution is 0.0657. The first kappa shape index (κ1) is 18.3. The van der Waals surface area contributed by atoms with Crippen molar-refractivity contribution in [3.8, 4) is 0 Å². The predicted octanol–water partition coefficient (Wildman–Crippen LogP) is 2.91. The molecule has 0 atom stereocenters. The first-order valence-electron chi connectivity index (χ1n) is 9.02. The Labute approximate surface area is 155 Å². The highest BCUT2D eigenvalue weighted by molar-refractivity contribution is 5.92. The second-order valence-corrected chi connectivity index (χ2v) is 7.85. The van der Waals surface area contributed by atoms with Crippen molar-refractivity contribution in [3.05, 3.63) is 47.7 Å². The van der Waals surface area contributed by atoms with Gasteiger partial charge in [-0.3, -0.25) is 4.79 Å². The first-order chi connectivity index (χ1) is 12.3. The molecule has 6 heteroatoms. The SMILES string of the molecule is CN1CCN(C(=O)c2ccc(Nc3ccc(C(C)(C)C)cc3)nn2)CC1. The topological polar surface area (TPSA) is 61.4 Å². The molecule has 1 aromatic carbocycles. The molecule has 26 heavy (non-hydrogen) atoms. The van der Waals surface area contributed by atoms with Gasteiger partial charge in [-0.05, 0) is 42.3 Å². The molecule has 1 aliphatic heterocycles. The molecule has 1 fully saturated rings. The molecule has 0 saturated carbocycles. The van der Waals surface area contributed by atoms with Crippen molar-refractivity contribution in [1.82, 2.24) is 20.0 Å². The van der Waals surface area contributed by atoms with Crippen LogP contribution >= 0.6 is 0 Å². The number of nitrogens with one attached hydrogen (secondary N) is 1. The molecule has 2 aromatic rings. The van der Waals surface area contributed by atoms with Crippen LogP contribution in [-0.4, -0.2) is 59.1 Å². The molecule has 0 radical (unpaired) electrons. The molecule has 6 nitrogen and oxygen atoms in total. The first-order valence-corrected chi connectivity index (χ1v) is 9.02. The Bertz CT molecular complexity index is 741. The third-order valence-corrected chi connectivity index (χ3v) is 4.70. The number of piperazine rings is 1. The number of aromatic nitrogens is 2. The van der Waals surface area contributed by atoms with E-state index in [4.69, 9.17) is 0 Å². The van der Waals surface area contributed by atoms with E-state index in [0.717, 1.165) is 31.9 Å². The van der Waals surface area contributed by atoms with Crippen molar-refractivity contribution < 1.29 is 4.79 Å². The van der Waals surface area contributed by atoms with Crippen molar-refractivity contribution in [2.45, 2.75) is 26.2 Å². The quantitative estimate of drug-likeness (QED) is 0.919. The Morgan fingerprint density at radius 2 is 1.62 bits per heavy atom. The Hall–Kier alpha value is -2.47. The van der Waals surface area contributed by atoms with E-state index in [-0.39, 0.29) is 11.3 Å². The summed E-state index contributed by atoms with van der Waals surface area (Å²) in [6.07, 6.45) is 0. The summed E-state index contributed by atoms with van der Waals surface area (Å²) in [6.45, 7) is 9.83. The van der Waals surface area contributed by atoms with Crippen LogP contribution in [0.15, 0.2) is 36.4 Å². The third-order valence-electron chi connectivity index (χ3n) is 4.70. The number of carbonyl (C=O) groups excluding carboxylic acids is 1. The number of benzene rings is 1. The van der Waals surface area contributed by atoms with E-state index in [1.54, 1.807) is 12.1 Å². The fourth-order valence-corrected chi connectivity index (χ4v) is 2.89. The van der Waals surface area contributed by atoms with Crippen LogP contribution in [0.2, 0.25) is 0 Å². The summed E-state index contributed by atoms with van der Waals surface area (Å²) in [7, 11) is 2.07. The highest BCUT2D eigenvalue weighted by atomic mass is 16.2. The predicted molar refractivity (Wildman–Crippen MR) is 104 cm³/mol. The number of nitrogens with zero attached hydrogens (tertiary/aromatic N) is 4. The minimum atomic E-state index is -0.0494. The Kier molecular flexibility index (Phi) is 5.23. The zero-order chi connectivity index (χ0) is 18.7. The van der Waals surface area contributed by atoms with Crippen LogP contribution in [0.4, 0.5) is 11.5 Å². The number of carbonyl (C=O) groups is 1. The van der Waals surface area contributed by atoms with Gasteiger partial charge in [0.2, 0.25) is 0 Å². The van der Waals surface area contributed by atoms with Gasteiger partial charge in [0.1, 0.15) is 0 Å². The lowest BCUT2D eigenvalue weighted by Gasteiger charge is -2.32. The molecule has 0 bridgehead atoms. The third kappa shape index (κ3) is 4.38. The molecule has 1 saturated heterocycles. The summed E-state index contributed by atoms with van der Waals surface area (Å²) in [5.41, 5.74) is 2.75. The van der Waals surface area contributed by atoms with Gasteiger partial charge in [-0.1, -0.05) is 32.9 Å². The van der Waals surface area contributed by atoms with E-state index in [1.807, 2.05) is 17.0 Å². The highest BCUT2D eigenvalue weighted by Gasteiger charge is 2.21. The van der Waals surface area contributed by atoms with Crippen molar-refractivity contribution >= 4 is 17.4 Å². The van der Waals surface area contributed by atoms with Crippen LogP contribution in [0.25, 0.3) is 0 Å². The lowest BCUT2D eigenvalue weighted by Crippen LogP contribution is -2.47. The van der Waals surface area contributed by atoms with Gasteiger partial charge < -0.3 is 15.1 Å². The molecule has 1 amide bonds. The summed E-state index contributed by atoms with van der Waals surface area (Å²) in [4.78, 5) is 16.5. The van der Waals surface area contributed by atoms with Crippen LogP contribution in [0.1, 0.15) is 36.8 Å². The smallest absolute Gasteiger partial charge is 0.274 e. The Morgan fingerprint density at radius 1 is 0.962 bits per heavy atom. The number of hydrogen-bond acceptors (Lipinski definition) is 5. The lowest BCUT2D eigenvalue weighted by atomic mass is 9.87. The normalized spacial score (nSPS) is 15.8. The van der Waals surface area contributed by atoms with Crippen LogP contribution in [0.3, 0.4) is 0 Å². The second-order valence-electron chi connectivity index (χ2n) is 7.85. The molecule has 2 heterocycles. The fraction of sp³-hybridized carbons (Fsp3) is 0.450. The molecule has 3 rings (SSSR count). The molecule has 1 N–H and O–H groups in total. The van der Waals surface area contributed by atoms with Gasteiger partial charge in [-0.25, -0.2) is 0 Å². The molecular weight excluding hydrogens is 326 g/mol. The van der Waals surface area contributed by atoms with Gasteiger partial charge in [-0.15, -0.1) is 10.2 Å². The number of hydrogen-bond donors (Lipinski definition) is 1. The largest absolute Gasteiger partial charge is 0.339 e. The van der Waals surface area contributed by atoms with E-state index in [9.17, 15) is 4.79 Å². The molecular formula is C20H27N5O. The summed E-state index contributed by atoms with van der Waals surface area (Å²) in [5.74, 6) is 0.579. The Balaban J connectivity index is 1.63. The summed E-state index contributed by atoms with van der Waals surface area (Å²) >= 11 is 0. The van der Waals surface area contributed by atoms with Crippen molar-refractivity contribution in [3.63, 3.8) is 0 Å². The van der Waals surface area contributed by atoms with E-state index >= 15 is 0 Å². The van der Waals surface area contributed by atoms with E-state index in [2.05, 4.69) is 60.4 Å². The molecule has 1 aliphatic rings. The minimum Gasteiger partial charge on any atom is -0.339 e. The summed E-state index contributed by atoms with van der Waals surface area (Å²) in [6, 6.07) is 11.8. The zero-order valence-electron chi connectivity index (χ0n) is 16.0. The van der Waals surface area contributed by atoms with Gasteiger partial charge in [0.15, 0.2) is 11.5 Å². The molecule has 0 aliphatic carbocycles. The summed E-state index contributed by atoms with van der Waals surface area (Å²) in [5, 5.41) is 11.5. The molecule has 0 spiro atoms. The maximum Gasteiger partial charge on any atom is 0.274 e. The van der Waals surface area contributed by atoms with Gasteiger partial charge in [0.05, 0.1) is 0 Å². The van der Waals surface area contributed by atoms with E-state index < -0.39 is 0 Å². The van der Waals surface area contributed by atoms with Crippen molar-refractivity contribution in [1.29, 1.82) is 0 Å². The monoisotopic (exact) mass is 353 g/mol. The maximum absolute atomic E-state index is 12.5. The molecule has 0 unspecified atom stereocenters. The van der Waals surface area contributed by atoms with Gasteiger partial charge >= 0.3 is 0 Å². The van der Waals surface area contributed by atoms with Crippen LogP contribution in [0, 0.1) is 0 Å². The van der Waals surface area contributed by atoms with Gasteiger partial charge in [0.25, 0.3) is 5.91 Å². The number of likely N-dealkylation sites (N-methyl/N-ethyl adjacent to an activating group) is 1. The van der Waals surface area contributed by atoms with Crippen LogP contribution in [-0.2, 0) is 5.41 Å². The van der Waals surface area contributed by atoms with Crippen molar-refractivity contribution in [2.75, 3.05) is 38.5 Å². The van der Waals surface area contributed by atoms with Crippen molar-refractivity contribution in [2.24, 2.45) is 0 Å². The summed E-state index contributed by atoms with van der Waals surface area (Å²) < 4.78 is 0. The molecule has 1 aromatic heterocycles. The maximum atomic E-state index is 12.5. The van der Waals surface area contributed by atoms with Crippen LogP contribution < -0.4 is 5.32 Å². The Morgan fingerprint density at radius 3 is 2.15 bits per heavy atom. The number of amides is 1. The standard InChI is InChI=1S/C20H27N5O/c1-20(2,3)15-5-7-16(8-6-15)21-18-10-9-17(22-23-18)19(26)25-13-11-24(4)12-14-25/h5-10H,11-14H2,1-4H3,(H,21,23). The average molecular weight is 353 g/mol.